The first-order chi connectivity index (χ1) is 11.2. The van der Waals surface area contributed by atoms with E-state index in [1.54, 1.807) is 7.11 Å². The number of pyridine rings is 2. The Hall–Kier alpha value is -2.75. The van der Waals surface area contributed by atoms with E-state index in [1.807, 2.05) is 43.8 Å². The monoisotopic (exact) mass is 305 g/mol. The van der Waals surface area contributed by atoms with Crippen LogP contribution < -0.4 is 0 Å². The van der Waals surface area contributed by atoms with Crippen LogP contribution >= 0.6 is 0 Å². The SMILES string of the molecule is CO/N=C(\C)C1=C(c2ccncc2)CC(c2ccncc2)=C1C. The van der Waals surface area contributed by atoms with Gasteiger partial charge in [-0.2, -0.15) is 0 Å². The molecule has 0 bridgehead atoms. The second-order valence-electron chi connectivity index (χ2n) is 5.46. The number of allylic oxidation sites excluding steroid dienone is 4. The molecule has 0 N–H and O–H groups in total. The molecule has 0 radical (unpaired) electrons. The van der Waals surface area contributed by atoms with Crippen molar-refractivity contribution in [3.8, 4) is 0 Å². The predicted molar refractivity (Wildman–Crippen MR) is 92.7 cm³/mol. The van der Waals surface area contributed by atoms with Crippen molar-refractivity contribution < 1.29 is 4.84 Å². The van der Waals surface area contributed by atoms with Crippen LogP contribution in [0.4, 0.5) is 0 Å². The summed E-state index contributed by atoms with van der Waals surface area (Å²) in [5.41, 5.74) is 8.22. The fourth-order valence-electron chi connectivity index (χ4n) is 3.12. The highest BCUT2D eigenvalue weighted by Crippen LogP contribution is 2.43. The number of rotatable bonds is 4. The van der Waals surface area contributed by atoms with Crippen molar-refractivity contribution in [2.45, 2.75) is 20.3 Å². The molecule has 23 heavy (non-hydrogen) atoms. The van der Waals surface area contributed by atoms with Gasteiger partial charge in [0.2, 0.25) is 0 Å². The molecule has 1 aliphatic carbocycles. The summed E-state index contributed by atoms with van der Waals surface area (Å²) in [5.74, 6) is 0. The summed E-state index contributed by atoms with van der Waals surface area (Å²) in [4.78, 5) is 13.2. The van der Waals surface area contributed by atoms with E-state index in [9.17, 15) is 0 Å². The molecule has 0 saturated carbocycles. The molecule has 0 atom stereocenters. The lowest BCUT2D eigenvalue weighted by atomic mass is 9.97. The van der Waals surface area contributed by atoms with E-state index >= 15 is 0 Å². The van der Waals surface area contributed by atoms with Crippen LogP contribution in [0.5, 0.6) is 0 Å². The summed E-state index contributed by atoms with van der Waals surface area (Å²) in [6, 6.07) is 8.18. The summed E-state index contributed by atoms with van der Waals surface area (Å²) in [7, 11) is 1.58. The zero-order valence-electron chi connectivity index (χ0n) is 13.6. The van der Waals surface area contributed by atoms with Gasteiger partial charge < -0.3 is 4.84 Å². The summed E-state index contributed by atoms with van der Waals surface area (Å²) in [6.45, 7) is 4.13. The first-order valence-electron chi connectivity index (χ1n) is 7.54. The number of hydrogen-bond acceptors (Lipinski definition) is 4. The Kier molecular flexibility index (Phi) is 4.33. The molecule has 0 aromatic carbocycles. The Bertz CT molecular complexity index is 790. The molecule has 0 unspecified atom stereocenters. The number of hydrogen-bond donors (Lipinski definition) is 0. The molecular formula is C19H19N3O. The normalized spacial score (nSPS) is 15.3. The zero-order valence-corrected chi connectivity index (χ0v) is 13.6. The van der Waals surface area contributed by atoms with Gasteiger partial charge in [-0.05, 0) is 72.4 Å². The molecule has 0 fully saturated rings. The molecule has 0 amide bonds. The zero-order chi connectivity index (χ0) is 16.2. The average molecular weight is 305 g/mol. The molecule has 2 aromatic heterocycles. The molecule has 116 valence electrons. The van der Waals surface area contributed by atoms with Crippen molar-refractivity contribution in [1.29, 1.82) is 0 Å². The van der Waals surface area contributed by atoms with Crippen LogP contribution in [0, 0.1) is 0 Å². The minimum Gasteiger partial charge on any atom is -0.399 e. The summed E-state index contributed by atoms with van der Waals surface area (Å²) in [5, 5.41) is 4.16. The van der Waals surface area contributed by atoms with Crippen LogP contribution in [0.2, 0.25) is 0 Å². The highest BCUT2D eigenvalue weighted by Gasteiger charge is 2.25. The molecule has 3 rings (SSSR count). The lowest BCUT2D eigenvalue weighted by Crippen LogP contribution is -2.01. The number of oxime groups is 1. The topological polar surface area (TPSA) is 47.4 Å². The van der Waals surface area contributed by atoms with Crippen molar-refractivity contribution in [2.24, 2.45) is 5.16 Å². The quantitative estimate of drug-likeness (QED) is 0.630. The molecular weight excluding hydrogens is 286 g/mol. The van der Waals surface area contributed by atoms with E-state index in [0.717, 1.165) is 17.7 Å². The number of nitrogens with zero attached hydrogens (tertiary/aromatic N) is 3. The van der Waals surface area contributed by atoms with Crippen LogP contribution in [0.1, 0.15) is 31.4 Å². The van der Waals surface area contributed by atoms with Gasteiger partial charge in [-0.1, -0.05) is 5.16 Å². The fourth-order valence-corrected chi connectivity index (χ4v) is 3.12. The minimum atomic E-state index is 0.867. The second kappa shape index (κ2) is 6.57. The Balaban J connectivity index is 2.13. The van der Waals surface area contributed by atoms with E-state index < -0.39 is 0 Å². The Morgan fingerprint density at radius 1 is 0.957 bits per heavy atom. The molecule has 0 saturated heterocycles. The van der Waals surface area contributed by atoms with Gasteiger partial charge in [-0.15, -0.1) is 0 Å². The molecule has 4 heteroatoms. The van der Waals surface area contributed by atoms with Crippen molar-refractivity contribution in [3.05, 3.63) is 71.3 Å². The van der Waals surface area contributed by atoms with E-state index in [1.165, 1.54) is 27.8 Å². The maximum atomic E-state index is 5.00. The third kappa shape index (κ3) is 2.93. The van der Waals surface area contributed by atoms with Crippen molar-refractivity contribution in [3.63, 3.8) is 0 Å². The van der Waals surface area contributed by atoms with E-state index in [2.05, 4.69) is 34.2 Å². The smallest absolute Gasteiger partial charge is 0.106 e. The first-order valence-corrected chi connectivity index (χ1v) is 7.54. The molecule has 0 aliphatic heterocycles. The second-order valence-corrected chi connectivity index (χ2v) is 5.46. The third-order valence-electron chi connectivity index (χ3n) is 4.13. The van der Waals surface area contributed by atoms with Gasteiger partial charge in [0.15, 0.2) is 0 Å². The van der Waals surface area contributed by atoms with Gasteiger partial charge in [0.1, 0.15) is 7.11 Å². The summed E-state index contributed by atoms with van der Waals surface area (Å²) < 4.78 is 0. The maximum absolute atomic E-state index is 5.00. The largest absolute Gasteiger partial charge is 0.399 e. The van der Waals surface area contributed by atoms with E-state index in [0.29, 0.717) is 0 Å². The van der Waals surface area contributed by atoms with Gasteiger partial charge in [-0.25, -0.2) is 0 Å². The van der Waals surface area contributed by atoms with Crippen LogP contribution in [0.25, 0.3) is 11.1 Å². The Morgan fingerprint density at radius 2 is 1.48 bits per heavy atom. The fraction of sp³-hybridized carbons (Fsp3) is 0.211. The summed E-state index contributed by atoms with van der Waals surface area (Å²) in [6.07, 6.45) is 8.17. The molecule has 0 spiro atoms. The van der Waals surface area contributed by atoms with Gasteiger partial charge in [-0.3, -0.25) is 9.97 Å². The van der Waals surface area contributed by atoms with Crippen molar-refractivity contribution in [2.75, 3.05) is 7.11 Å². The standard InChI is InChI=1S/C19H19N3O/c1-13-17(15-4-8-20-9-5-15)12-18(16-6-10-21-11-7-16)19(13)14(2)22-23-3/h4-11H,12H2,1-3H3/b22-14+. The van der Waals surface area contributed by atoms with Crippen LogP contribution in [0.15, 0.2) is 65.4 Å². The van der Waals surface area contributed by atoms with Crippen LogP contribution in [-0.2, 0) is 4.84 Å². The molecule has 2 aromatic rings. The number of aromatic nitrogens is 2. The van der Waals surface area contributed by atoms with Gasteiger partial charge in [0.25, 0.3) is 0 Å². The van der Waals surface area contributed by atoms with Crippen LogP contribution in [0.3, 0.4) is 0 Å². The molecule has 4 nitrogen and oxygen atoms in total. The van der Waals surface area contributed by atoms with E-state index in [-0.39, 0.29) is 0 Å². The highest BCUT2D eigenvalue weighted by atomic mass is 16.6. The highest BCUT2D eigenvalue weighted by molar-refractivity contribution is 6.14. The Labute approximate surface area is 136 Å². The lowest BCUT2D eigenvalue weighted by Gasteiger charge is -2.08. The van der Waals surface area contributed by atoms with Gasteiger partial charge >= 0.3 is 0 Å². The van der Waals surface area contributed by atoms with Crippen molar-refractivity contribution in [1.82, 2.24) is 9.97 Å². The van der Waals surface area contributed by atoms with Gasteiger partial charge in [0.05, 0.1) is 5.71 Å². The van der Waals surface area contributed by atoms with Gasteiger partial charge in [0, 0.05) is 30.4 Å². The minimum absolute atomic E-state index is 0.867. The predicted octanol–water partition coefficient (Wildman–Crippen LogP) is 4.13. The molecule has 2 heterocycles. The lowest BCUT2D eigenvalue weighted by molar-refractivity contribution is 0.213. The van der Waals surface area contributed by atoms with Crippen LogP contribution in [-0.4, -0.2) is 22.8 Å². The molecule has 1 aliphatic rings. The summed E-state index contributed by atoms with van der Waals surface area (Å²) >= 11 is 0. The van der Waals surface area contributed by atoms with E-state index in [4.69, 9.17) is 4.84 Å². The Morgan fingerprint density at radius 3 is 2.00 bits per heavy atom. The first kappa shape index (κ1) is 15.2. The van der Waals surface area contributed by atoms with Crippen molar-refractivity contribution >= 4 is 16.9 Å². The maximum Gasteiger partial charge on any atom is 0.106 e. The third-order valence-corrected chi connectivity index (χ3v) is 4.13. The average Bonchev–Trinajstić information content (AvgIpc) is 2.94.